The normalized spacial score (nSPS) is 11.6. The van der Waals surface area contributed by atoms with Crippen molar-refractivity contribution in [2.45, 2.75) is 30.2 Å². The lowest BCUT2D eigenvalue weighted by Crippen LogP contribution is -2.19. The molecular formula is C12H14N6OS. The summed E-state index contributed by atoms with van der Waals surface area (Å²) in [5.41, 5.74) is 7.89. The number of hydrogen-bond acceptors (Lipinski definition) is 5. The standard InChI is InChI=1S/C12H14N6OS/c1-6(2)18-11(19)16-17-12(18)20-10-14-8-4-3-7(13)5-9(8)15-10/h3-6H,13H2,1-2H3,(H,14,15)(H,16,19). The molecule has 3 rings (SSSR count). The Labute approximate surface area is 118 Å². The molecule has 20 heavy (non-hydrogen) atoms. The summed E-state index contributed by atoms with van der Waals surface area (Å²) in [6.45, 7) is 3.86. The average Bonchev–Trinajstić information content (AvgIpc) is 2.92. The first-order valence-electron chi connectivity index (χ1n) is 6.14. The van der Waals surface area contributed by atoms with Crippen molar-refractivity contribution in [1.29, 1.82) is 0 Å². The van der Waals surface area contributed by atoms with Crippen molar-refractivity contribution in [2.75, 3.05) is 5.73 Å². The Hall–Kier alpha value is -2.22. The fraction of sp³-hybridized carbons (Fsp3) is 0.250. The number of nitrogens with zero attached hydrogens (tertiary/aromatic N) is 3. The second-order valence-corrected chi connectivity index (χ2v) is 5.65. The van der Waals surface area contributed by atoms with Gasteiger partial charge in [-0.1, -0.05) is 0 Å². The number of aromatic nitrogens is 5. The van der Waals surface area contributed by atoms with Gasteiger partial charge in [0.25, 0.3) is 0 Å². The Morgan fingerprint density at radius 2 is 2.20 bits per heavy atom. The molecule has 0 spiro atoms. The Bertz CT molecular complexity index is 815. The van der Waals surface area contributed by atoms with Gasteiger partial charge in [0.2, 0.25) is 0 Å². The molecule has 0 atom stereocenters. The van der Waals surface area contributed by atoms with Crippen LogP contribution in [0.15, 0.2) is 33.3 Å². The highest BCUT2D eigenvalue weighted by molar-refractivity contribution is 7.99. The number of benzene rings is 1. The molecule has 0 fully saturated rings. The van der Waals surface area contributed by atoms with Crippen molar-refractivity contribution in [1.82, 2.24) is 24.7 Å². The first-order valence-corrected chi connectivity index (χ1v) is 6.96. The summed E-state index contributed by atoms with van der Waals surface area (Å²) in [7, 11) is 0. The third-order valence-corrected chi connectivity index (χ3v) is 3.72. The lowest BCUT2D eigenvalue weighted by Gasteiger charge is -2.06. The van der Waals surface area contributed by atoms with Gasteiger partial charge >= 0.3 is 5.69 Å². The minimum atomic E-state index is -0.220. The van der Waals surface area contributed by atoms with Gasteiger partial charge in [-0.3, -0.25) is 4.57 Å². The van der Waals surface area contributed by atoms with E-state index in [0.29, 0.717) is 16.0 Å². The predicted molar refractivity (Wildman–Crippen MR) is 77.9 cm³/mol. The topological polar surface area (TPSA) is 105 Å². The Morgan fingerprint density at radius 1 is 1.40 bits per heavy atom. The summed E-state index contributed by atoms with van der Waals surface area (Å²) < 4.78 is 1.59. The van der Waals surface area contributed by atoms with Gasteiger partial charge in [0.05, 0.1) is 11.0 Å². The van der Waals surface area contributed by atoms with Crippen LogP contribution in [0.25, 0.3) is 11.0 Å². The highest BCUT2D eigenvalue weighted by Crippen LogP contribution is 2.26. The van der Waals surface area contributed by atoms with Crippen LogP contribution in [0.1, 0.15) is 19.9 Å². The van der Waals surface area contributed by atoms with Gasteiger partial charge in [-0.05, 0) is 43.8 Å². The molecule has 0 saturated heterocycles. The van der Waals surface area contributed by atoms with Gasteiger partial charge in [-0.15, -0.1) is 5.10 Å². The molecule has 0 aliphatic carbocycles. The second-order valence-electron chi connectivity index (χ2n) is 4.70. The van der Waals surface area contributed by atoms with E-state index in [4.69, 9.17) is 5.73 Å². The van der Waals surface area contributed by atoms with E-state index in [0.717, 1.165) is 11.0 Å². The van der Waals surface area contributed by atoms with Crippen LogP contribution in [0.3, 0.4) is 0 Å². The van der Waals surface area contributed by atoms with Crippen molar-refractivity contribution < 1.29 is 0 Å². The molecule has 3 aromatic rings. The highest BCUT2D eigenvalue weighted by atomic mass is 32.2. The fourth-order valence-corrected chi connectivity index (χ4v) is 2.92. The molecule has 7 nitrogen and oxygen atoms in total. The number of aromatic amines is 2. The van der Waals surface area contributed by atoms with Crippen LogP contribution in [0.2, 0.25) is 0 Å². The van der Waals surface area contributed by atoms with E-state index < -0.39 is 0 Å². The Morgan fingerprint density at radius 3 is 2.95 bits per heavy atom. The summed E-state index contributed by atoms with van der Waals surface area (Å²) >= 11 is 1.31. The first kappa shape index (κ1) is 12.8. The molecule has 2 heterocycles. The van der Waals surface area contributed by atoms with Crippen molar-refractivity contribution in [3.05, 3.63) is 28.7 Å². The molecule has 0 bridgehead atoms. The van der Waals surface area contributed by atoms with Crippen LogP contribution in [-0.2, 0) is 0 Å². The van der Waals surface area contributed by atoms with Gasteiger partial charge in [-0.25, -0.2) is 14.9 Å². The Balaban J connectivity index is 1.99. The van der Waals surface area contributed by atoms with E-state index in [9.17, 15) is 4.79 Å². The number of nitrogen functional groups attached to an aromatic ring is 1. The monoisotopic (exact) mass is 290 g/mol. The van der Waals surface area contributed by atoms with E-state index in [2.05, 4.69) is 20.2 Å². The van der Waals surface area contributed by atoms with Crippen molar-refractivity contribution in [3.8, 4) is 0 Å². The number of H-pyrrole nitrogens is 2. The molecule has 104 valence electrons. The van der Waals surface area contributed by atoms with Gasteiger partial charge in [-0.2, -0.15) is 0 Å². The van der Waals surface area contributed by atoms with E-state index in [-0.39, 0.29) is 11.7 Å². The number of rotatable bonds is 3. The molecular weight excluding hydrogens is 276 g/mol. The van der Waals surface area contributed by atoms with Gasteiger partial charge in [0.15, 0.2) is 10.3 Å². The van der Waals surface area contributed by atoms with E-state index in [1.807, 2.05) is 26.0 Å². The zero-order chi connectivity index (χ0) is 14.3. The van der Waals surface area contributed by atoms with Crippen molar-refractivity contribution in [2.24, 2.45) is 0 Å². The summed E-state index contributed by atoms with van der Waals surface area (Å²) in [6, 6.07) is 5.51. The van der Waals surface area contributed by atoms with Gasteiger partial charge < -0.3 is 10.7 Å². The number of hydrogen-bond donors (Lipinski definition) is 3. The van der Waals surface area contributed by atoms with Crippen LogP contribution in [-0.4, -0.2) is 24.7 Å². The number of nitrogens with two attached hydrogens (primary N) is 1. The number of imidazole rings is 1. The maximum atomic E-state index is 11.7. The zero-order valence-electron chi connectivity index (χ0n) is 11.0. The molecule has 2 aromatic heterocycles. The van der Waals surface area contributed by atoms with Crippen molar-refractivity contribution >= 4 is 28.5 Å². The predicted octanol–water partition coefficient (Wildman–Crippen LogP) is 1.76. The number of nitrogens with one attached hydrogen (secondary N) is 2. The molecule has 0 amide bonds. The smallest absolute Gasteiger partial charge is 0.344 e. The largest absolute Gasteiger partial charge is 0.399 e. The summed E-state index contributed by atoms with van der Waals surface area (Å²) in [6.07, 6.45) is 0. The molecule has 1 aromatic carbocycles. The maximum absolute atomic E-state index is 11.7. The van der Waals surface area contributed by atoms with Gasteiger partial charge in [0, 0.05) is 11.7 Å². The lowest BCUT2D eigenvalue weighted by atomic mass is 10.3. The van der Waals surface area contributed by atoms with E-state index in [1.165, 1.54) is 11.8 Å². The molecule has 0 saturated carbocycles. The SMILES string of the molecule is CC(C)n1c(Sc2nc3ccc(N)cc3[nH]2)n[nH]c1=O. The molecule has 0 aliphatic heterocycles. The zero-order valence-corrected chi connectivity index (χ0v) is 11.9. The highest BCUT2D eigenvalue weighted by Gasteiger charge is 2.14. The fourth-order valence-electron chi connectivity index (χ4n) is 1.96. The quantitative estimate of drug-likeness (QED) is 0.637. The summed E-state index contributed by atoms with van der Waals surface area (Å²) in [5.74, 6) is 0. The van der Waals surface area contributed by atoms with Crippen LogP contribution in [0.5, 0.6) is 0 Å². The number of anilines is 1. The van der Waals surface area contributed by atoms with Crippen LogP contribution >= 0.6 is 11.8 Å². The third-order valence-electron chi connectivity index (χ3n) is 2.86. The molecule has 0 radical (unpaired) electrons. The Kier molecular flexibility index (Phi) is 3.01. The van der Waals surface area contributed by atoms with Crippen LogP contribution in [0.4, 0.5) is 5.69 Å². The molecule has 0 aliphatic rings. The molecule has 8 heteroatoms. The van der Waals surface area contributed by atoms with Crippen LogP contribution < -0.4 is 11.4 Å². The van der Waals surface area contributed by atoms with E-state index in [1.54, 1.807) is 10.6 Å². The first-order chi connectivity index (χ1) is 9.54. The minimum absolute atomic E-state index is 0.0313. The maximum Gasteiger partial charge on any atom is 0.344 e. The van der Waals surface area contributed by atoms with E-state index >= 15 is 0 Å². The number of fused-ring (bicyclic) bond motifs is 1. The molecule has 0 unspecified atom stereocenters. The third kappa shape index (κ3) is 2.18. The van der Waals surface area contributed by atoms with Crippen LogP contribution in [0, 0.1) is 0 Å². The van der Waals surface area contributed by atoms with Crippen molar-refractivity contribution in [3.63, 3.8) is 0 Å². The summed E-state index contributed by atoms with van der Waals surface area (Å²) in [4.78, 5) is 19.3. The second kappa shape index (κ2) is 4.71. The summed E-state index contributed by atoms with van der Waals surface area (Å²) in [5, 5.41) is 7.73. The molecule has 4 N–H and O–H groups in total. The minimum Gasteiger partial charge on any atom is -0.399 e. The van der Waals surface area contributed by atoms with Gasteiger partial charge in [0.1, 0.15) is 0 Å². The lowest BCUT2D eigenvalue weighted by molar-refractivity contribution is 0.533. The average molecular weight is 290 g/mol.